The van der Waals surface area contributed by atoms with E-state index >= 15 is 0 Å². The highest BCUT2D eigenvalue weighted by molar-refractivity contribution is 9.28. The minimum Gasteiger partial charge on any atom is -0.461 e. The molecular formula is C21H20Br2O3. The minimum atomic E-state index is -0.160. The Labute approximate surface area is 170 Å². The van der Waals surface area contributed by atoms with Crippen molar-refractivity contribution in [1.82, 2.24) is 0 Å². The average molecular weight is 480 g/mol. The van der Waals surface area contributed by atoms with Crippen molar-refractivity contribution in [2.75, 3.05) is 0 Å². The first kappa shape index (κ1) is 19.2. The minimum absolute atomic E-state index is 0.0812. The molecule has 0 aromatic heterocycles. The van der Waals surface area contributed by atoms with Gasteiger partial charge in [-0.2, -0.15) is 0 Å². The predicted molar refractivity (Wildman–Crippen MR) is 109 cm³/mol. The molecule has 0 radical (unpaired) electrons. The van der Waals surface area contributed by atoms with Crippen LogP contribution in [0.2, 0.25) is 0 Å². The molecule has 2 atom stereocenters. The molecule has 0 N–H and O–H groups in total. The Balaban J connectivity index is 1.59. The van der Waals surface area contributed by atoms with Crippen molar-refractivity contribution in [3.8, 4) is 11.5 Å². The fourth-order valence-electron chi connectivity index (χ4n) is 3.14. The summed E-state index contributed by atoms with van der Waals surface area (Å²) in [4.78, 5) is 12.4. The lowest BCUT2D eigenvalue weighted by Crippen LogP contribution is -2.10. The highest BCUT2D eigenvalue weighted by Crippen LogP contribution is 2.60. The Morgan fingerprint density at radius 3 is 2.46 bits per heavy atom. The second-order valence-electron chi connectivity index (χ2n) is 6.95. The van der Waals surface area contributed by atoms with Crippen LogP contribution in [0.15, 0.2) is 64.1 Å². The van der Waals surface area contributed by atoms with Crippen LogP contribution in [-0.2, 0) is 16.1 Å². The lowest BCUT2D eigenvalue weighted by Gasteiger charge is -2.09. The van der Waals surface area contributed by atoms with Gasteiger partial charge in [-0.1, -0.05) is 50.3 Å². The Morgan fingerprint density at radius 1 is 1.08 bits per heavy atom. The molecule has 26 heavy (non-hydrogen) atoms. The van der Waals surface area contributed by atoms with Gasteiger partial charge in [0.2, 0.25) is 0 Å². The number of halogens is 2. The molecule has 0 amide bonds. The van der Waals surface area contributed by atoms with Crippen LogP contribution in [0.3, 0.4) is 0 Å². The van der Waals surface area contributed by atoms with Crippen LogP contribution in [0.5, 0.6) is 11.5 Å². The molecule has 1 aliphatic carbocycles. The van der Waals surface area contributed by atoms with Gasteiger partial charge in [0.25, 0.3) is 0 Å². The molecule has 3 rings (SSSR count). The zero-order valence-corrected chi connectivity index (χ0v) is 17.8. The zero-order chi connectivity index (χ0) is 18.7. The summed E-state index contributed by atoms with van der Waals surface area (Å²) in [6.45, 7) is 4.40. The molecule has 0 aliphatic heterocycles. The Hall–Kier alpha value is -1.59. The summed E-state index contributed by atoms with van der Waals surface area (Å²) in [5.41, 5.74) is 0.821. The largest absolute Gasteiger partial charge is 0.461 e. The third-order valence-corrected chi connectivity index (χ3v) is 5.26. The third-order valence-electron chi connectivity index (χ3n) is 4.73. The molecule has 136 valence electrons. The van der Waals surface area contributed by atoms with Crippen molar-refractivity contribution in [2.24, 2.45) is 17.3 Å². The van der Waals surface area contributed by atoms with E-state index < -0.39 is 0 Å². The number of hydrogen-bond acceptors (Lipinski definition) is 3. The van der Waals surface area contributed by atoms with Crippen LogP contribution in [0.1, 0.15) is 19.4 Å². The molecule has 5 heteroatoms. The van der Waals surface area contributed by atoms with Gasteiger partial charge in [0.1, 0.15) is 18.1 Å². The van der Waals surface area contributed by atoms with Crippen LogP contribution in [0, 0.1) is 17.3 Å². The molecule has 2 unspecified atom stereocenters. The zero-order valence-electron chi connectivity index (χ0n) is 14.6. The van der Waals surface area contributed by atoms with Gasteiger partial charge in [-0.25, -0.2) is 0 Å². The highest BCUT2D eigenvalue weighted by Gasteiger charge is 2.61. The first-order valence-electron chi connectivity index (χ1n) is 8.39. The topological polar surface area (TPSA) is 35.5 Å². The van der Waals surface area contributed by atoms with Crippen LogP contribution in [-0.4, -0.2) is 5.97 Å². The second-order valence-corrected chi connectivity index (χ2v) is 9.72. The number of benzene rings is 2. The average Bonchev–Trinajstić information content (AvgIpc) is 3.13. The van der Waals surface area contributed by atoms with E-state index in [-0.39, 0.29) is 29.8 Å². The van der Waals surface area contributed by atoms with E-state index in [0.29, 0.717) is 0 Å². The summed E-state index contributed by atoms with van der Waals surface area (Å²) in [5.74, 6) is 1.40. The number of hydrogen-bond donors (Lipinski definition) is 0. The Morgan fingerprint density at radius 2 is 1.77 bits per heavy atom. The Bertz CT molecular complexity index is 811. The predicted octanol–water partition coefficient (Wildman–Crippen LogP) is 6.43. The van der Waals surface area contributed by atoms with Gasteiger partial charge in [0.05, 0.1) is 9.31 Å². The van der Waals surface area contributed by atoms with Crippen LogP contribution in [0.4, 0.5) is 0 Å². The standard InChI is InChI=1S/C21H20Br2O3/c1-21(2)17(12-18(22)23)19(21)20(24)25-13-14-7-6-10-16(11-14)26-15-8-4-3-5-9-15/h3-12,17,19H,13H2,1-2H3. The lowest BCUT2D eigenvalue weighted by atomic mass is 10.1. The molecule has 3 nitrogen and oxygen atoms in total. The number of para-hydroxylation sites is 1. The lowest BCUT2D eigenvalue weighted by molar-refractivity contribution is -0.147. The fraction of sp³-hybridized carbons (Fsp3) is 0.286. The smallest absolute Gasteiger partial charge is 0.310 e. The summed E-state index contributed by atoms with van der Waals surface area (Å²) >= 11 is 6.73. The highest BCUT2D eigenvalue weighted by atomic mass is 79.9. The maximum absolute atomic E-state index is 12.4. The molecule has 2 aromatic carbocycles. The summed E-state index contributed by atoms with van der Waals surface area (Å²) < 4.78 is 12.2. The number of ether oxygens (including phenoxy) is 2. The van der Waals surface area contributed by atoms with E-state index in [4.69, 9.17) is 9.47 Å². The van der Waals surface area contributed by atoms with E-state index in [1.165, 1.54) is 0 Å². The fourth-order valence-corrected chi connectivity index (χ4v) is 3.71. The van der Waals surface area contributed by atoms with E-state index in [1.807, 2.05) is 60.7 Å². The summed E-state index contributed by atoms with van der Waals surface area (Å²) in [6.07, 6.45) is 2.01. The van der Waals surface area contributed by atoms with Crippen molar-refractivity contribution in [1.29, 1.82) is 0 Å². The van der Waals surface area contributed by atoms with Gasteiger partial charge in [0.15, 0.2) is 0 Å². The van der Waals surface area contributed by atoms with E-state index in [1.54, 1.807) is 0 Å². The van der Waals surface area contributed by atoms with Crippen molar-refractivity contribution in [3.05, 3.63) is 69.6 Å². The number of carbonyl (C=O) groups is 1. The van der Waals surface area contributed by atoms with Crippen LogP contribution >= 0.6 is 31.9 Å². The second kappa shape index (κ2) is 7.97. The quantitative estimate of drug-likeness (QED) is 0.448. The molecule has 0 saturated heterocycles. The van der Waals surface area contributed by atoms with Crippen molar-refractivity contribution >= 4 is 37.8 Å². The van der Waals surface area contributed by atoms with Crippen molar-refractivity contribution < 1.29 is 14.3 Å². The number of esters is 1. The van der Waals surface area contributed by atoms with Gasteiger partial charge < -0.3 is 9.47 Å². The third kappa shape index (κ3) is 4.57. The SMILES string of the molecule is CC1(C)C(C=C(Br)Br)C1C(=O)OCc1cccc(Oc2ccccc2)c1. The molecular weight excluding hydrogens is 460 g/mol. The number of rotatable bonds is 6. The van der Waals surface area contributed by atoms with Gasteiger partial charge in [-0.05, 0) is 73.0 Å². The normalized spacial score (nSPS) is 20.2. The molecule has 1 aliphatic rings. The van der Waals surface area contributed by atoms with E-state index in [9.17, 15) is 4.79 Å². The van der Waals surface area contributed by atoms with Gasteiger partial charge >= 0.3 is 5.97 Å². The van der Waals surface area contributed by atoms with Gasteiger partial charge in [-0.15, -0.1) is 0 Å². The monoisotopic (exact) mass is 478 g/mol. The Kier molecular flexibility index (Phi) is 5.88. The van der Waals surface area contributed by atoms with Gasteiger partial charge in [0, 0.05) is 0 Å². The maximum atomic E-state index is 12.4. The van der Waals surface area contributed by atoms with E-state index in [2.05, 4.69) is 45.7 Å². The molecule has 1 saturated carbocycles. The van der Waals surface area contributed by atoms with Crippen molar-refractivity contribution in [2.45, 2.75) is 20.5 Å². The summed E-state index contributed by atoms with van der Waals surface area (Å²) in [7, 11) is 0. The maximum Gasteiger partial charge on any atom is 0.310 e. The van der Waals surface area contributed by atoms with Crippen LogP contribution in [0.25, 0.3) is 0 Å². The van der Waals surface area contributed by atoms with Crippen molar-refractivity contribution in [3.63, 3.8) is 0 Å². The van der Waals surface area contributed by atoms with E-state index in [0.717, 1.165) is 20.5 Å². The summed E-state index contributed by atoms with van der Waals surface area (Å²) in [6, 6.07) is 17.2. The first-order chi connectivity index (χ1) is 12.4. The number of allylic oxidation sites excluding steroid dienone is 1. The summed E-state index contributed by atoms with van der Waals surface area (Å²) in [5, 5.41) is 0. The number of carbonyl (C=O) groups excluding carboxylic acids is 1. The molecule has 2 aromatic rings. The van der Waals surface area contributed by atoms with Crippen LogP contribution < -0.4 is 4.74 Å². The first-order valence-corrected chi connectivity index (χ1v) is 9.98. The molecule has 0 spiro atoms. The molecule has 1 fully saturated rings. The van der Waals surface area contributed by atoms with Gasteiger partial charge in [-0.3, -0.25) is 4.79 Å². The molecule has 0 bridgehead atoms. The molecule has 0 heterocycles.